The van der Waals surface area contributed by atoms with Crippen molar-refractivity contribution >= 4 is 53.1 Å². The molecule has 84 valence electrons. The van der Waals surface area contributed by atoms with Crippen LogP contribution in [0.25, 0.3) is 0 Å². The minimum absolute atomic E-state index is 0.327. The van der Waals surface area contributed by atoms with Crippen LogP contribution in [0, 0.1) is 0 Å². The number of ether oxygens (including phenoxy) is 2. The Morgan fingerprint density at radius 2 is 1.47 bits per heavy atom. The third kappa shape index (κ3) is 3.02. The number of hydrogen-bond donors (Lipinski definition) is 0. The van der Waals surface area contributed by atoms with Crippen molar-refractivity contribution in [3.05, 3.63) is 20.0 Å². The first kappa shape index (κ1) is 12.5. The Hall–Kier alpha value is 1.02. The van der Waals surface area contributed by atoms with E-state index in [-0.39, 0.29) is 5.79 Å². The summed E-state index contributed by atoms with van der Waals surface area (Å²) in [5, 5.41) is 1.94. The second-order valence-electron chi connectivity index (χ2n) is 3.22. The molecule has 0 aromatic rings. The third-order valence-electron chi connectivity index (χ3n) is 2.15. The van der Waals surface area contributed by atoms with Crippen LogP contribution in [0.4, 0.5) is 0 Å². The van der Waals surface area contributed by atoms with E-state index in [2.05, 4.69) is 0 Å². The summed E-state index contributed by atoms with van der Waals surface area (Å²) in [6, 6.07) is 0. The summed E-state index contributed by atoms with van der Waals surface area (Å²) < 4.78 is 14.0. The van der Waals surface area contributed by atoms with Crippen molar-refractivity contribution in [3.8, 4) is 0 Å². The second-order valence-corrected chi connectivity index (χ2v) is 8.28. The van der Waals surface area contributed by atoms with Crippen molar-refractivity contribution < 1.29 is 9.47 Å². The Kier molecular flexibility index (Phi) is 4.63. The molecule has 2 fully saturated rings. The molecule has 0 aromatic carbocycles. The molecule has 2 rings (SSSR count). The van der Waals surface area contributed by atoms with Gasteiger partial charge in [-0.25, -0.2) is 0 Å². The Balaban J connectivity index is 1.94. The van der Waals surface area contributed by atoms with E-state index in [9.17, 15) is 0 Å². The summed E-state index contributed by atoms with van der Waals surface area (Å²) in [6.45, 7) is 1.25. The van der Waals surface area contributed by atoms with E-state index in [0.717, 1.165) is 10.6 Å². The first-order valence-corrected chi connectivity index (χ1v) is 9.41. The van der Waals surface area contributed by atoms with Crippen LogP contribution in [0.15, 0.2) is 20.0 Å². The average Bonchev–Trinajstić information content (AvgIpc) is 2.31. The standard InChI is InChI=1S/C9H10Cl2O2Se2/c10-1-7-3-12-9(5-14-7)6-15-8(2-11)4-13-9/h1-2H,3-6H2/b7-1-,8-2-. The molecule has 1 spiro atoms. The summed E-state index contributed by atoms with van der Waals surface area (Å²) in [7, 11) is 0. The Morgan fingerprint density at radius 1 is 1.00 bits per heavy atom. The van der Waals surface area contributed by atoms with E-state index in [1.54, 1.807) is 11.1 Å². The first-order chi connectivity index (χ1) is 7.28. The fourth-order valence-corrected chi connectivity index (χ4v) is 6.40. The molecule has 2 saturated heterocycles. The predicted octanol–water partition coefficient (Wildman–Crippen LogP) is 2.15. The van der Waals surface area contributed by atoms with Gasteiger partial charge in [-0.05, 0) is 0 Å². The van der Waals surface area contributed by atoms with E-state index in [1.165, 1.54) is 8.94 Å². The molecule has 2 heterocycles. The van der Waals surface area contributed by atoms with Crippen molar-refractivity contribution in [1.29, 1.82) is 0 Å². The van der Waals surface area contributed by atoms with Gasteiger partial charge in [0.1, 0.15) is 0 Å². The van der Waals surface area contributed by atoms with Crippen LogP contribution in [-0.4, -0.2) is 48.9 Å². The fourth-order valence-electron chi connectivity index (χ4n) is 1.27. The van der Waals surface area contributed by atoms with Gasteiger partial charge in [-0.15, -0.1) is 0 Å². The summed E-state index contributed by atoms with van der Waals surface area (Å²) in [6.07, 6.45) is 0. The van der Waals surface area contributed by atoms with Gasteiger partial charge in [-0.2, -0.15) is 0 Å². The van der Waals surface area contributed by atoms with Crippen LogP contribution in [0.5, 0.6) is 0 Å². The molecule has 0 N–H and O–H groups in total. The maximum absolute atomic E-state index is 5.79. The van der Waals surface area contributed by atoms with Gasteiger partial charge in [0, 0.05) is 0 Å². The van der Waals surface area contributed by atoms with Gasteiger partial charge in [0.15, 0.2) is 0 Å². The minimum atomic E-state index is -0.327. The van der Waals surface area contributed by atoms with Crippen LogP contribution in [0.2, 0.25) is 10.6 Å². The Labute approximate surface area is 112 Å². The zero-order chi connectivity index (χ0) is 10.7. The number of halogens is 2. The summed E-state index contributed by atoms with van der Waals surface area (Å²) in [5.41, 5.74) is 3.29. The van der Waals surface area contributed by atoms with Crippen LogP contribution in [0.3, 0.4) is 0 Å². The van der Waals surface area contributed by atoms with Gasteiger partial charge >= 0.3 is 112 Å². The zero-order valence-corrected chi connectivity index (χ0v) is 12.8. The Morgan fingerprint density at radius 3 is 1.73 bits per heavy atom. The quantitative estimate of drug-likeness (QED) is 0.601. The van der Waals surface area contributed by atoms with Crippen molar-refractivity contribution in [2.45, 2.75) is 16.4 Å². The van der Waals surface area contributed by atoms with Crippen LogP contribution in [-0.2, 0) is 9.47 Å². The molecule has 0 saturated carbocycles. The molecular weight excluding hydrogens is 369 g/mol. The predicted molar refractivity (Wildman–Crippen MR) is 63.6 cm³/mol. The van der Waals surface area contributed by atoms with Crippen molar-refractivity contribution in [1.82, 2.24) is 0 Å². The van der Waals surface area contributed by atoms with Gasteiger partial charge in [0.05, 0.1) is 0 Å². The zero-order valence-electron chi connectivity index (χ0n) is 7.87. The molecule has 0 aliphatic carbocycles. The van der Waals surface area contributed by atoms with E-state index >= 15 is 0 Å². The van der Waals surface area contributed by atoms with E-state index < -0.39 is 0 Å². The maximum atomic E-state index is 5.79. The summed E-state index contributed by atoms with van der Waals surface area (Å²) in [5.74, 6) is -0.327. The monoisotopic (exact) mass is 380 g/mol. The Bertz CT molecular complexity index is 251. The van der Waals surface area contributed by atoms with E-state index in [1.807, 2.05) is 0 Å². The molecule has 0 bridgehead atoms. The molecule has 0 amide bonds. The fraction of sp³-hybridized carbons (Fsp3) is 0.556. The molecule has 0 aromatic heterocycles. The second kappa shape index (κ2) is 5.57. The van der Waals surface area contributed by atoms with Crippen molar-refractivity contribution in [3.63, 3.8) is 0 Å². The third-order valence-corrected chi connectivity index (χ3v) is 8.26. The molecule has 6 heteroatoms. The SMILES string of the molecule is Cl/C=C1/COC2(C[Se]1)C[Se]/C(=C\Cl)CO2. The first-order valence-electron chi connectivity index (χ1n) is 4.40. The molecule has 0 radical (unpaired) electrons. The van der Waals surface area contributed by atoms with Gasteiger partial charge in [0.2, 0.25) is 0 Å². The van der Waals surface area contributed by atoms with Crippen molar-refractivity contribution in [2.24, 2.45) is 0 Å². The van der Waals surface area contributed by atoms with Crippen molar-refractivity contribution in [2.75, 3.05) is 13.2 Å². The van der Waals surface area contributed by atoms with Gasteiger partial charge in [-0.1, -0.05) is 0 Å². The van der Waals surface area contributed by atoms with Gasteiger partial charge in [-0.3, -0.25) is 0 Å². The van der Waals surface area contributed by atoms with Gasteiger partial charge < -0.3 is 0 Å². The number of rotatable bonds is 0. The van der Waals surface area contributed by atoms with Crippen LogP contribution < -0.4 is 0 Å². The van der Waals surface area contributed by atoms with Crippen LogP contribution in [0.1, 0.15) is 0 Å². The summed E-state index contributed by atoms with van der Waals surface area (Å²) >= 11 is 12.2. The average molecular weight is 379 g/mol. The van der Waals surface area contributed by atoms with E-state index in [4.69, 9.17) is 32.7 Å². The topological polar surface area (TPSA) is 18.5 Å². The molecule has 2 aliphatic heterocycles. The molecule has 0 unspecified atom stereocenters. The molecule has 15 heavy (non-hydrogen) atoms. The number of hydrogen-bond acceptors (Lipinski definition) is 2. The van der Waals surface area contributed by atoms with Crippen LogP contribution >= 0.6 is 23.2 Å². The summed E-state index contributed by atoms with van der Waals surface area (Å²) in [4.78, 5) is 0. The molecule has 0 atom stereocenters. The molecule has 2 nitrogen and oxygen atoms in total. The molecule has 2 aliphatic rings. The van der Waals surface area contributed by atoms with Gasteiger partial charge in [0.25, 0.3) is 0 Å². The normalized spacial score (nSPS) is 37.7. The molecular formula is C9H10Cl2O2Se2. The van der Waals surface area contributed by atoms with E-state index in [0.29, 0.717) is 43.1 Å².